The standard InChI is InChI=1S/C23H23ClN2O5S/c1-3-30-20-12-6-19(7-13-20)26-32(28,29)22-14-8-18(9-15-22)25-23(27)16(2)31-21-10-4-17(24)5-11-21/h4-16,26H,3H2,1-2H3,(H,25,27). The van der Waals surface area contributed by atoms with Crippen LogP contribution in [0.4, 0.5) is 11.4 Å². The minimum absolute atomic E-state index is 0.0647. The highest BCUT2D eigenvalue weighted by atomic mass is 35.5. The number of ether oxygens (including phenoxy) is 2. The van der Waals surface area contributed by atoms with Crippen molar-refractivity contribution in [2.45, 2.75) is 24.8 Å². The number of halogens is 1. The summed E-state index contributed by atoms with van der Waals surface area (Å²) < 4.78 is 38.7. The molecule has 0 saturated heterocycles. The fourth-order valence-corrected chi connectivity index (χ4v) is 3.92. The molecule has 0 aliphatic carbocycles. The number of rotatable bonds is 9. The van der Waals surface area contributed by atoms with Crippen molar-refractivity contribution in [1.29, 1.82) is 0 Å². The summed E-state index contributed by atoms with van der Waals surface area (Å²) in [6, 6.07) is 19.2. The summed E-state index contributed by atoms with van der Waals surface area (Å²) >= 11 is 5.84. The topological polar surface area (TPSA) is 93.7 Å². The maximum absolute atomic E-state index is 12.6. The third-order valence-electron chi connectivity index (χ3n) is 4.35. The maximum Gasteiger partial charge on any atom is 0.265 e. The number of benzene rings is 3. The molecule has 1 unspecified atom stereocenters. The van der Waals surface area contributed by atoms with Gasteiger partial charge in [0.25, 0.3) is 15.9 Å². The second-order valence-corrected chi connectivity index (χ2v) is 8.91. The van der Waals surface area contributed by atoms with Gasteiger partial charge in [0, 0.05) is 16.4 Å². The van der Waals surface area contributed by atoms with Gasteiger partial charge in [-0.2, -0.15) is 0 Å². The molecule has 0 aliphatic rings. The second kappa shape index (κ2) is 10.4. The Hall–Kier alpha value is -3.23. The van der Waals surface area contributed by atoms with Gasteiger partial charge in [0.1, 0.15) is 11.5 Å². The largest absolute Gasteiger partial charge is 0.494 e. The molecule has 0 bridgehead atoms. The van der Waals surface area contributed by atoms with Gasteiger partial charge in [0.05, 0.1) is 11.5 Å². The van der Waals surface area contributed by atoms with E-state index in [2.05, 4.69) is 10.0 Å². The molecule has 7 nitrogen and oxygen atoms in total. The molecule has 0 fully saturated rings. The monoisotopic (exact) mass is 474 g/mol. The zero-order valence-electron chi connectivity index (χ0n) is 17.5. The third kappa shape index (κ3) is 6.38. The number of carbonyl (C=O) groups is 1. The quantitative estimate of drug-likeness (QED) is 0.458. The Morgan fingerprint density at radius 3 is 2.06 bits per heavy atom. The predicted octanol–water partition coefficient (Wildman–Crippen LogP) is 4.95. The smallest absolute Gasteiger partial charge is 0.265 e. The molecule has 1 amide bonds. The number of sulfonamides is 1. The van der Waals surface area contributed by atoms with E-state index < -0.39 is 16.1 Å². The van der Waals surface area contributed by atoms with Crippen molar-refractivity contribution in [2.24, 2.45) is 0 Å². The fraction of sp³-hybridized carbons (Fsp3) is 0.174. The first-order valence-corrected chi connectivity index (χ1v) is 11.7. The molecule has 3 rings (SSSR count). The summed E-state index contributed by atoms with van der Waals surface area (Å²) in [4.78, 5) is 12.4. The predicted molar refractivity (Wildman–Crippen MR) is 125 cm³/mol. The number of nitrogens with one attached hydrogen (secondary N) is 2. The minimum Gasteiger partial charge on any atom is -0.494 e. The van der Waals surface area contributed by atoms with Crippen LogP contribution in [0.2, 0.25) is 5.02 Å². The van der Waals surface area contributed by atoms with E-state index in [9.17, 15) is 13.2 Å². The van der Waals surface area contributed by atoms with Crippen molar-refractivity contribution < 1.29 is 22.7 Å². The molecule has 168 valence electrons. The Labute approximate surface area is 192 Å². The van der Waals surface area contributed by atoms with Crippen molar-refractivity contribution in [3.8, 4) is 11.5 Å². The molecule has 0 heterocycles. The second-order valence-electron chi connectivity index (χ2n) is 6.79. The van der Waals surface area contributed by atoms with Crippen molar-refractivity contribution in [3.63, 3.8) is 0 Å². The molecule has 2 N–H and O–H groups in total. The molecule has 0 radical (unpaired) electrons. The van der Waals surface area contributed by atoms with Gasteiger partial charge in [-0.25, -0.2) is 8.42 Å². The highest BCUT2D eigenvalue weighted by Gasteiger charge is 2.17. The SMILES string of the molecule is CCOc1ccc(NS(=O)(=O)c2ccc(NC(=O)C(C)Oc3ccc(Cl)cc3)cc2)cc1. The number of amides is 1. The fourth-order valence-electron chi connectivity index (χ4n) is 2.73. The van der Waals surface area contributed by atoms with Gasteiger partial charge in [-0.1, -0.05) is 11.6 Å². The molecule has 1 atom stereocenters. The summed E-state index contributed by atoms with van der Waals surface area (Å²) in [7, 11) is -3.78. The van der Waals surface area contributed by atoms with Crippen molar-refractivity contribution >= 4 is 38.9 Å². The Morgan fingerprint density at radius 1 is 0.906 bits per heavy atom. The summed E-state index contributed by atoms with van der Waals surface area (Å²) in [6.45, 7) is 4.01. The molecular weight excluding hydrogens is 452 g/mol. The van der Waals surface area contributed by atoms with Crippen LogP contribution in [0.1, 0.15) is 13.8 Å². The van der Waals surface area contributed by atoms with Crippen molar-refractivity contribution in [3.05, 3.63) is 77.8 Å². The van der Waals surface area contributed by atoms with Crippen LogP contribution in [-0.4, -0.2) is 27.0 Å². The molecule has 0 aliphatic heterocycles. The molecular formula is C23H23ClN2O5S. The van der Waals surface area contributed by atoms with Crippen LogP contribution in [0.15, 0.2) is 77.7 Å². The van der Waals surface area contributed by atoms with E-state index in [-0.39, 0.29) is 10.8 Å². The van der Waals surface area contributed by atoms with Gasteiger partial charge in [-0.3, -0.25) is 9.52 Å². The Bertz CT molecular complexity index is 1150. The van der Waals surface area contributed by atoms with E-state index in [4.69, 9.17) is 21.1 Å². The van der Waals surface area contributed by atoms with Gasteiger partial charge >= 0.3 is 0 Å². The van der Waals surface area contributed by atoms with Crippen LogP contribution < -0.4 is 19.5 Å². The molecule has 0 aromatic heterocycles. The molecule has 3 aromatic rings. The van der Waals surface area contributed by atoms with Gasteiger partial charge in [0.15, 0.2) is 6.10 Å². The van der Waals surface area contributed by atoms with E-state index in [1.165, 1.54) is 24.3 Å². The van der Waals surface area contributed by atoms with Gasteiger partial charge in [-0.15, -0.1) is 0 Å². The van der Waals surface area contributed by atoms with Crippen LogP contribution in [0.25, 0.3) is 0 Å². The van der Waals surface area contributed by atoms with E-state index in [0.717, 1.165) is 0 Å². The molecule has 3 aromatic carbocycles. The van der Waals surface area contributed by atoms with E-state index in [1.807, 2.05) is 6.92 Å². The zero-order chi connectivity index (χ0) is 23.1. The lowest BCUT2D eigenvalue weighted by molar-refractivity contribution is -0.122. The first-order valence-electron chi connectivity index (χ1n) is 9.85. The Balaban J connectivity index is 1.60. The van der Waals surface area contributed by atoms with Crippen LogP contribution in [-0.2, 0) is 14.8 Å². The summed E-state index contributed by atoms with van der Waals surface area (Å²) in [5.74, 6) is 0.798. The molecule has 32 heavy (non-hydrogen) atoms. The highest BCUT2D eigenvalue weighted by molar-refractivity contribution is 7.92. The lowest BCUT2D eigenvalue weighted by Gasteiger charge is -2.15. The number of carbonyl (C=O) groups excluding carboxylic acids is 1. The maximum atomic E-state index is 12.6. The lowest BCUT2D eigenvalue weighted by Crippen LogP contribution is -2.30. The third-order valence-corrected chi connectivity index (χ3v) is 5.99. The van der Waals surface area contributed by atoms with E-state index in [0.29, 0.717) is 34.5 Å². The normalized spacial score (nSPS) is 12.0. The van der Waals surface area contributed by atoms with Gasteiger partial charge in [0.2, 0.25) is 0 Å². The van der Waals surface area contributed by atoms with Crippen LogP contribution in [0, 0.1) is 0 Å². The molecule has 0 spiro atoms. The molecule has 9 heteroatoms. The summed E-state index contributed by atoms with van der Waals surface area (Å²) in [5, 5.41) is 3.27. The molecule has 0 saturated carbocycles. The summed E-state index contributed by atoms with van der Waals surface area (Å²) in [5.41, 5.74) is 0.862. The number of anilines is 2. The first-order chi connectivity index (χ1) is 15.3. The van der Waals surface area contributed by atoms with E-state index >= 15 is 0 Å². The Morgan fingerprint density at radius 2 is 1.47 bits per heavy atom. The lowest BCUT2D eigenvalue weighted by atomic mass is 10.3. The highest BCUT2D eigenvalue weighted by Crippen LogP contribution is 2.21. The van der Waals surface area contributed by atoms with E-state index in [1.54, 1.807) is 55.5 Å². The van der Waals surface area contributed by atoms with Crippen LogP contribution in [0.3, 0.4) is 0 Å². The number of hydrogen-bond donors (Lipinski definition) is 2. The average Bonchev–Trinajstić information content (AvgIpc) is 2.77. The van der Waals surface area contributed by atoms with Gasteiger partial charge < -0.3 is 14.8 Å². The average molecular weight is 475 g/mol. The van der Waals surface area contributed by atoms with Crippen molar-refractivity contribution in [2.75, 3.05) is 16.6 Å². The number of hydrogen-bond acceptors (Lipinski definition) is 5. The Kier molecular flexibility index (Phi) is 7.61. The van der Waals surface area contributed by atoms with Gasteiger partial charge in [-0.05, 0) is 86.6 Å². The minimum atomic E-state index is -3.78. The summed E-state index contributed by atoms with van der Waals surface area (Å²) in [6.07, 6.45) is -0.763. The van der Waals surface area contributed by atoms with Crippen LogP contribution >= 0.6 is 11.6 Å². The van der Waals surface area contributed by atoms with Crippen LogP contribution in [0.5, 0.6) is 11.5 Å². The first kappa shape index (κ1) is 23.4. The zero-order valence-corrected chi connectivity index (χ0v) is 19.1. The van der Waals surface area contributed by atoms with Crippen molar-refractivity contribution in [1.82, 2.24) is 0 Å².